The third kappa shape index (κ3) is 3.76. The van der Waals surface area contributed by atoms with Crippen molar-refractivity contribution in [2.45, 2.75) is 24.7 Å². The van der Waals surface area contributed by atoms with Gasteiger partial charge in [0, 0.05) is 5.92 Å². The summed E-state index contributed by atoms with van der Waals surface area (Å²) in [4.78, 5) is 2.58. The zero-order valence-electron chi connectivity index (χ0n) is 13.7. The van der Waals surface area contributed by atoms with E-state index in [1.54, 1.807) is 31.4 Å². The lowest BCUT2D eigenvalue weighted by Gasteiger charge is -2.09. The van der Waals surface area contributed by atoms with Crippen LogP contribution in [-0.4, -0.2) is 21.2 Å². The molecule has 0 spiro atoms. The molecule has 0 unspecified atom stereocenters. The summed E-state index contributed by atoms with van der Waals surface area (Å²) in [6, 6.07) is 14.2. The van der Waals surface area contributed by atoms with E-state index in [2.05, 4.69) is 9.93 Å². The molecule has 1 fully saturated rings. The van der Waals surface area contributed by atoms with E-state index in [1.165, 1.54) is 0 Å². The fraction of sp³-hybridized carbons (Fsp3) is 0.278. The van der Waals surface area contributed by atoms with E-state index in [0.29, 0.717) is 5.92 Å². The lowest BCUT2D eigenvalue weighted by Crippen LogP contribution is -2.21. The van der Waals surface area contributed by atoms with E-state index in [9.17, 15) is 8.42 Å². The summed E-state index contributed by atoms with van der Waals surface area (Å²) in [5, 5.41) is 4.22. The van der Waals surface area contributed by atoms with Gasteiger partial charge in [-0.25, -0.2) is 0 Å². The van der Waals surface area contributed by atoms with Crippen molar-refractivity contribution in [1.82, 2.24) is 4.83 Å². The highest BCUT2D eigenvalue weighted by atomic mass is 32.2. The highest BCUT2D eigenvalue weighted by Crippen LogP contribution is 2.33. The zero-order valence-corrected chi connectivity index (χ0v) is 14.5. The molecule has 0 heterocycles. The quantitative estimate of drug-likeness (QED) is 0.647. The third-order valence-electron chi connectivity index (χ3n) is 3.97. The Bertz CT molecular complexity index is 837. The number of rotatable bonds is 6. The number of sulfonamides is 1. The third-order valence-corrected chi connectivity index (χ3v) is 5.19. The lowest BCUT2D eigenvalue weighted by atomic mass is 10.1. The minimum Gasteiger partial charge on any atom is -0.497 e. The number of aryl methyl sites for hydroxylation is 1. The summed E-state index contributed by atoms with van der Waals surface area (Å²) in [7, 11) is -2.05. The van der Waals surface area contributed by atoms with E-state index in [0.717, 1.165) is 35.4 Å². The van der Waals surface area contributed by atoms with Crippen molar-refractivity contribution < 1.29 is 13.2 Å². The van der Waals surface area contributed by atoms with Gasteiger partial charge in [0.05, 0.1) is 17.7 Å². The normalized spacial score (nSPS) is 15.2. The molecule has 0 bridgehead atoms. The van der Waals surface area contributed by atoms with Crippen LogP contribution in [0.4, 0.5) is 0 Å². The number of methoxy groups -OCH3 is 1. The van der Waals surface area contributed by atoms with E-state index in [-0.39, 0.29) is 4.90 Å². The van der Waals surface area contributed by atoms with Crippen molar-refractivity contribution in [2.75, 3.05) is 7.11 Å². The van der Waals surface area contributed by atoms with Crippen molar-refractivity contribution in [3.05, 3.63) is 59.7 Å². The Kier molecular flexibility index (Phi) is 4.57. The standard InChI is InChI=1S/C18H20N2O3S/c1-13-3-11-17(12-4-13)24(21,22)20-19-18(14-5-6-14)15-7-9-16(23-2)10-8-15/h3-4,7-12,14,20H,5-6H2,1-2H3/b19-18-. The number of ether oxygens (including phenoxy) is 1. The second-order valence-corrected chi connectivity index (χ2v) is 7.57. The van der Waals surface area contributed by atoms with Gasteiger partial charge in [-0.05, 0) is 61.7 Å². The second-order valence-electron chi connectivity index (χ2n) is 5.91. The Morgan fingerprint density at radius 1 is 1.08 bits per heavy atom. The van der Waals surface area contributed by atoms with Crippen LogP contribution in [0.5, 0.6) is 5.75 Å². The first-order valence-electron chi connectivity index (χ1n) is 7.80. The van der Waals surface area contributed by atoms with Gasteiger partial charge in [-0.15, -0.1) is 0 Å². The van der Waals surface area contributed by atoms with Crippen LogP contribution in [0, 0.1) is 12.8 Å². The highest BCUT2D eigenvalue weighted by Gasteiger charge is 2.29. The predicted molar refractivity (Wildman–Crippen MR) is 93.8 cm³/mol. The number of nitrogens with zero attached hydrogens (tertiary/aromatic N) is 1. The van der Waals surface area contributed by atoms with Crippen LogP contribution in [-0.2, 0) is 10.0 Å². The molecule has 5 nitrogen and oxygen atoms in total. The van der Waals surface area contributed by atoms with Gasteiger partial charge in [-0.2, -0.15) is 18.4 Å². The first-order valence-corrected chi connectivity index (χ1v) is 9.28. The summed E-state index contributed by atoms with van der Waals surface area (Å²) in [6.45, 7) is 1.91. The van der Waals surface area contributed by atoms with Gasteiger partial charge in [-0.1, -0.05) is 17.7 Å². The van der Waals surface area contributed by atoms with Crippen molar-refractivity contribution in [3.63, 3.8) is 0 Å². The van der Waals surface area contributed by atoms with Gasteiger partial charge in [0.25, 0.3) is 10.0 Å². The summed E-state index contributed by atoms with van der Waals surface area (Å²) < 4.78 is 29.9. The molecule has 1 aliphatic carbocycles. The van der Waals surface area contributed by atoms with Crippen LogP contribution >= 0.6 is 0 Å². The molecule has 24 heavy (non-hydrogen) atoms. The van der Waals surface area contributed by atoms with Crippen LogP contribution in [0.2, 0.25) is 0 Å². The molecule has 0 aliphatic heterocycles. The number of hydrogen-bond donors (Lipinski definition) is 1. The van der Waals surface area contributed by atoms with Gasteiger partial charge in [0.2, 0.25) is 0 Å². The maximum Gasteiger partial charge on any atom is 0.276 e. The fourth-order valence-electron chi connectivity index (χ4n) is 2.39. The molecule has 1 aliphatic rings. The molecule has 126 valence electrons. The zero-order chi connectivity index (χ0) is 17.2. The fourth-order valence-corrected chi connectivity index (χ4v) is 3.21. The maximum absolute atomic E-state index is 12.4. The largest absolute Gasteiger partial charge is 0.497 e. The van der Waals surface area contributed by atoms with Gasteiger partial charge in [-0.3, -0.25) is 0 Å². The van der Waals surface area contributed by atoms with E-state index in [4.69, 9.17) is 4.74 Å². The summed E-state index contributed by atoms with van der Waals surface area (Å²) in [5.41, 5.74) is 2.69. The van der Waals surface area contributed by atoms with Gasteiger partial charge >= 0.3 is 0 Å². The average Bonchev–Trinajstić information content (AvgIpc) is 3.41. The molecule has 0 radical (unpaired) electrons. The molecular weight excluding hydrogens is 324 g/mol. The smallest absolute Gasteiger partial charge is 0.276 e. The van der Waals surface area contributed by atoms with Gasteiger partial charge in [0.15, 0.2) is 0 Å². The topological polar surface area (TPSA) is 67.8 Å². The van der Waals surface area contributed by atoms with Crippen LogP contribution in [0.1, 0.15) is 24.0 Å². The van der Waals surface area contributed by atoms with Crippen LogP contribution < -0.4 is 9.57 Å². The first kappa shape index (κ1) is 16.5. The highest BCUT2D eigenvalue weighted by molar-refractivity contribution is 7.89. The molecule has 3 rings (SSSR count). The van der Waals surface area contributed by atoms with Gasteiger partial charge < -0.3 is 4.74 Å². The summed E-state index contributed by atoms with van der Waals surface area (Å²) >= 11 is 0. The monoisotopic (exact) mass is 344 g/mol. The van der Waals surface area contributed by atoms with Crippen LogP contribution in [0.15, 0.2) is 58.5 Å². The molecular formula is C18H20N2O3S. The van der Waals surface area contributed by atoms with Crippen molar-refractivity contribution in [3.8, 4) is 5.75 Å². The Morgan fingerprint density at radius 2 is 1.71 bits per heavy atom. The molecule has 2 aromatic carbocycles. The Hall–Kier alpha value is -2.34. The van der Waals surface area contributed by atoms with E-state index >= 15 is 0 Å². The molecule has 1 saturated carbocycles. The maximum atomic E-state index is 12.4. The van der Waals surface area contributed by atoms with Crippen LogP contribution in [0.3, 0.4) is 0 Å². The van der Waals surface area contributed by atoms with Crippen molar-refractivity contribution in [1.29, 1.82) is 0 Å². The second kappa shape index (κ2) is 6.65. The Labute approximate surface area is 142 Å². The summed E-state index contributed by atoms with van der Waals surface area (Å²) in [5.74, 6) is 1.06. The number of benzene rings is 2. The number of nitrogens with one attached hydrogen (secondary N) is 1. The molecule has 6 heteroatoms. The Morgan fingerprint density at radius 3 is 2.25 bits per heavy atom. The van der Waals surface area contributed by atoms with E-state index < -0.39 is 10.0 Å². The first-order chi connectivity index (χ1) is 11.5. The van der Waals surface area contributed by atoms with Crippen molar-refractivity contribution >= 4 is 15.7 Å². The number of hydrogen-bond acceptors (Lipinski definition) is 4. The lowest BCUT2D eigenvalue weighted by molar-refractivity contribution is 0.415. The minimum atomic E-state index is -3.66. The van der Waals surface area contributed by atoms with Crippen molar-refractivity contribution in [2.24, 2.45) is 11.0 Å². The molecule has 0 atom stereocenters. The summed E-state index contributed by atoms with van der Waals surface area (Å²) in [6.07, 6.45) is 2.05. The molecule has 0 amide bonds. The Balaban J connectivity index is 1.84. The average molecular weight is 344 g/mol. The molecule has 0 aromatic heterocycles. The number of hydrazone groups is 1. The molecule has 0 saturated heterocycles. The minimum absolute atomic E-state index is 0.210. The SMILES string of the molecule is COc1ccc(/C(=N\NS(=O)(=O)c2ccc(C)cc2)C2CC2)cc1. The molecule has 1 N–H and O–H groups in total. The molecule has 2 aromatic rings. The van der Waals surface area contributed by atoms with Crippen LogP contribution in [0.25, 0.3) is 0 Å². The predicted octanol–water partition coefficient (Wildman–Crippen LogP) is 3.10. The van der Waals surface area contributed by atoms with Gasteiger partial charge in [0.1, 0.15) is 5.75 Å². The van der Waals surface area contributed by atoms with E-state index in [1.807, 2.05) is 31.2 Å².